The van der Waals surface area contributed by atoms with Crippen LogP contribution in [0.5, 0.6) is 0 Å². The average molecular weight is 395 g/mol. The molecule has 2 heterocycles. The molecule has 0 saturated heterocycles. The Hall–Kier alpha value is -3.06. The van der Waals surface area contributed by atoms with Gasteiger partial charge in [-0.3, -0.25) is 19.5 Å². The zero-order valence-corrected chi connectivity index (χ0v) is 16.6. The molecule has 28 heavy (non-hydrogen) atoms. The second-order valence-electron chi connectivity index (χ2n) is 6.45. The minimum absolute atomic E-state index is 0.110. The van der Waals surface area contributed by atoms with Crippen molar-refractivity contribution in [3.63, 3.8) is 0 Å². The Morgan fingerprint density at radius 3 is 2.43 bits per heavy atom. The molecule has 0 aliphatic carbocycles. The van der Waals surface area contributed by atoms with Gasteiger partial charge in [-0.1, -0.05) is 42.9 Å². The Morgan fingerprint density at radius 1 is 1.14 bits per heavy atom. The number of pyridine rings is 1. The first kappa shape index (κ1) is 19.7. The lowest BCUT2D eigenvalue weighted by atomic mass is 10.1. The van der Waals surface area contributed by atoms with Gasteiger partial charge in [0.1, 0.15) is 10.0 Å². The van der Waals surface area contributed by atoms with E-state index in [0.717, 1.165) is 18.4 Å². The Balaban J connectivity index is 2.12. The molecule has 0 aliphatic rings. The average Bonchev–Trinajstić information content (AvgIpc) is 3.15. The predicted molar refractivity (Wildman–Crippen MR) is 111 cm³/mol. The van der Waals surface area contributed by atoms with E-state index in [4.69, 9.17) is 5.73 Å². The third kappa shape index (κ3) is 4.09. The molecule has 2 amide bonds. The number of nitrogens with zero attached hydrogens (tertiary/aromatic N) is 3. The normalized spacial score (nSPS) is 11.8. The Labute approximate surface area is 168 Å². The zero-order chi connectivity index (χ0) is 20.1. The maximum atomic E-state index is 13.3. The van der Waals surface area contributed by atoms with Gasteiger partial charge in [0.2, 0.25) is 0 Å². The van der Waals surface area contributed by atoms with Crippen molar-refractivity contribution in [2.75, 3.05) is 4.90 Å². The number of rotatable bonds is 7. The number of benzene rings is 1. The van der Waals surface area contributed by atoms with Gasteiger partial charge in [0, 0.05) is 29.6 Å². The first-order chi connectivity index (χ1) is 13.5. The molecule has 0 spiro atoms. The molecular weight excluding hydrogens is 372 g/mol. The smallest absolute Gasteiger partial charge is 0.270 e. The maximum absolute atomic E-state index is 13.3. The van der Waals surface area contributed by atoms with Crippen LogP contribution in [0.3, 0.4) is 0 Å². The molecule has 3 rings (SSSR count). The summed E-state index contributed by atoms with van der Waals surface area (Å²) in [6.45, 7) is 4.03. The number of nitrogens with two attached hydrogens (primary N) is 1. The largest absolute Gasteiger partial charge is 0.364 e. The summed E-state index contributed by atoms with van der Waals surface area (Å²) in [7, 11) is 0. The highest BCUT2D eigenvalue weighted by Crippen LogP contribution is 2.37. The van der Waals surface area contributed by atoms with E-state index in [2.05, 4.69) is 16.9 Å². The van der Waals surface area contributed by atoms with E-state index in [-0.39, 0.29) is 17.6 Å². The summed E-state index contributed by atoms with van der Waals surface area (Å²) in [5, 5.41) is 1.11. The van der Waals surface area contributed by atoms with E-state index >= 15 is 0 Å². The molecule has 0 bridgehead atoms. The van der Waals surface area contributed by atoms with E-state index in [1.165, 1.54) is 11.3 Å². The van der Waals surface area contributed by atoms with Crippen molar-refractivity contribution in [1.82, 2.24) is 9.97 Å². The number of thiazole rings is 1. The first-order valence-electron chi connectivity index (χ1n) is 9.12. The molecule has 1 unspecified atom stereocenters. The fraction of sp³-hybridized carbons (Fsp3) is 0.238. The summed E-state index contributed by atoms with van der Waals surface area (Å²) in [6.07, 6.45) is 5.01. The van der Waals surface area contributed by atoms with Gasteiger partial charge in [-0.25, -0.2) is 4.98 Å². The highest BCUT2D eigenvalue weighted by Gasteiger charge is 2.30. The second kappa shape index (κ2) is 8.75. The SMILES string of the molecule is CCCC(C)N(C(=O)c1ccccc1)c1sc(-c2ccncc2)nc1C(N)=O. The third-order valence-corrected chi connectivity index (χ3v) is 5.48. The van der Waals surface area contributed by atoms with Crippen molar-refractivity contribution >= 4 is 28.2 Å². The van der Waals surface area contributed by atoms with Gasteiger partial charge >= 0.3 is 0 Å². The number of carbonyl (C=O) groups excluding carboxylic acids is 2. The molecule has 0 radical (unpaired) electrons. The van der Waals surface area contributed by atoms with Crippen LogP contribution >= 0.6 is 11.3 Å². The molecule has 3 aromatic rings. The summed E-state index contributed by atoms with van der Waals surface area (Å²) in [5.41, 5.74) is 7.10. The third-order valence-electron chi connectivity index (χ3n) is 4.38. The predicted octanol–water partition coefficient (Wildman–Crippen LogP) is 4.14. The maximum Gasteiger partial charge on any atom is 0.270 e. The number of aromatic nitrogens is 2. The molecule has 0 saturated carbocycles. The van der Waals surface area contributed by atoms with Crippen LogP contribution in [0.15, 0.2) is 54.9 Å². The molecule has 1 atom stereocenters. The highest BCUT2D eigenvalue weighted by molar-refractivity contribution is 7.19. The van der Waals surface area contributed by atoms with E-state index in [1.807, 2.05) is 37.3 Å². The van der Waals surface area contributed by atoms with Crippen LogP contribution in [-0.2, 0) is 0 Å². The van der Waals surface area contributed by atoms with Crippen molar-refractivity contribution in [3.05, 3.63) is 66.1 Å². The Kier molecular flexibility index (Phi) is 6.16. The lowest BCUT2D eigenvalue weighted by Crippen LogP contribution is -2.39. The monoisotopic (exact) mass is 394 g/mol. The van der Waals surface area contributed by atoms with Gasteiger partial charge in [-0.15, -0.1) is 0 Å². The van der Waals surface area contributed by atoms with E-state index in [1.54, 1.807) is 29.4 Å². The van der Waals surface area contributed by atoms with Crippen LogP contribution in [0.1, 0.15) is 47.5 Å². The highest BCUT2D eigenvalue weighted by atomic mass is 32.1. The fourth-order valence-electron chi connectivity index (χ4n) is 3.01. The fourth-order valence-corrected chi connectivity index (χ4v) is 4.19. The number of amides is 2. The van der Waals surface area contributed by atoms with Crippen LogP contribution in [0.2, 0.25) is 0 Å². The summed E-state index contributed by atoms with van der Waals surface area (Å²) in [6, 6.07) is 12.5. The number of primary amides is 1. The Bertz CT molecular complexity index is 957. The zero-order valence-electron chi connectivity index (χ0n) is 15.8. The molecule has 2 N–H and O–H groups in total. The first-order valence-corrected chi connectivity index (χ1v) is 9.94. The van der Waals surface area contributed by atoms with Crippen molar-refractivity contribution in [3.8, 4) is 10.6 Å². The standard InChI is InChI=1S/C21H22N4O2S/c1-3-7-14(2)25(20(27)16-8-5-4-6-9-16)21-17(18(22)26)24-19(28-21)15-10-12-23-13-11-15/h4-6,8-14H,3,7H2,1-2H3,(H2,22,26). The number of carbonyl (C=O) groups is 2. The second-order valence-corrected chi connectivity index (χ2v) is 7.43. The van der Waals surface area contributed by atoms with Gasteiger partial charge in [-0.05, 0) is 37.6 Å². The van der Waals surface area contributed by atoms with Crippen LogP contribution in [0, 0.1) is 0 Å². The molecule has 2 aromatic heterocycles. The summed E-state index contributed by atoms with van der Waals surface area (Å²) >= 11 is 1.29. The quantitative estimate of drug-likeness (QED) is 0.652. The van der Waals surface area contributed by atoms with Crippen molar-refractivity contribution in [1.29, 1.82) is 0 Å². The molecule has 0 fully saturated rings. The number of hydrogen-bond donors (Lipinski definition) is 1. The van der Waals surface area contributed by atoms with Crippen LogP contribution < -0.4 is 10.6 Å². The van der Waals surface area contributed by atoms with E-state index < -0.39 is 5.91 Å². The molecule has 6 nitrogen and oxygen atoms in total. The summed E-state index contributed by atoms with van der Waals surface area (Å²) < 4.78 is 0. The van der Waals surface area contributed by atoms with Crippen LogP contribution in [0.25, 0.3) is 10.6 Å². The minimum Gasteiger partial charge on any atom is -0.364 e. The Morgan fingerprint density at radius 2 is 1.82 bits per heavy atom. The molecule has 0 aliphatic heterocycles. The van der Waals surface area contributed by atoms with Gasteiger partial charge in [0.15, 0.2) is 5.69 Å². The lowest BCUT2D eigenvalue weighted by Gasteiger charge is -2.28. The van der Waals surface area contributed by atoms with Crippen LogP contribution in [0.4, 0.5) is 5.00 Å². The number of anilines is 1. The molecule has 144 valence electrons. The van der Waals surface area contributed by atoms with Crippen molar-refractivity contribution in [2.45, 2.75) is 32.7 Å². The van der Waals surface area contributed by atoms with Crippen LogP contribution in [-0.4, -0.2) is 27.8 Å². The molecule has 1 aromatic carbocycles. The number of hydrogen-bond acceptors (Lipinski definition) is 5. The summed E-state index contributed by atoms with van der Waals surface area (Å²) in [5.74, 6) is -0.824. The van der Waals surface area contributed by atoms with Gasteiger partial charge in [0.25, 0.3) is 11.8 Å². The van der Waals surface area contributed by atoms with E-state index in [9.17, 15) is 9.59 Å². The van der Waals surface area contributed by atoms with Gasteiger partial charge in [0.05, 0.1) is 0 Å². The van der Waals surface area contributed by atoms with Crippen molar-refractivity contribution in [2.24, 2.45) is 5.73 Å². The topological polar surface area (TPSA) is 89.2 Å². The van der Waals surface area contributed by atoms with E-state index in [0.29, 0.717) is 15.6 Å². The van der Waals surface area contributed by atoms with Gasteiger partial charge < -0.3 is 5.73 Å². The lowest BCUT2D eigenvalue weighted by molar-refractivity contribution is 0.0977. The molecule has 7 heteroatoms. The summed E-state index contributed by atoms with van der Waals surface area (Å²) in [4.78, 5) is 35.6. The van der Waals surface area contributed by atoms with Crippen molar-refractivity contribution < 1.29 is 9.59 Å². The van der Waals surface area contributed by atoms with Gasteiger partial charge in [-0.2, -0.15) is 0 Å². The minimum atomic E-state index is -0.652. The molecular formula is C21H22N4O2S.